The van der Waals surface area contributed by atoms with Crippen LogP contribution in [0.2, 0.25) is 0 Å². The average Bonchev–Trinajstić information content (AvgIpc) is 3.39. The van der Waals surface area contributed by atoms with Crippen LogP contribution in [0.5, 0.6) is 6.01 Å². The Morgan fingerprint density at radius 1 is 1.23 bits per heavy atom. The van der Waals surface area contributed by atoms with E-state index >= 15 is 0 Å². The first kappa shape index (κ1) is 30.0. The minimum absolute atomic E-state index is 0.0507. The normalized spacial score (nSPS) is 19.4. The maximum atomic E-state index is 14.0. The standard InChI is InChI=1S/C29H31F3N8O3/c1-4-23(41)39-14-13-38(16-19(39)10-11-33)26-21-15-34-40(22-9-5-7-18(2)24(22)29(30,31)32)27(42)25(21)35-28(36-26)43-17-20-8-6-12-37(20)3/h4-5,7,9,15,19-20H,1,6,8,10,12-14,16-17H2,2-3H3/t19-,20-/m0/s1. The summed E-state index contributed by atoms with van der Waals surface area (Å²) < 4.78 is 48.8. The number of halogens is 3. The average molecular weight is 597 g/mol. The molecule has 14 heteroatoms. The van der Waals surface area contributed by atoms with Crippen LogP contribution in [0.25, 0.3) is 16.6 Å². The summed E-state index contributed by atoms with van der Waals surface area (Å²) in [7, 11) is 1.98. The summed E-state index contributed by atoms with van der Waals surface area (Å²) in [6.45, 7) is 6.81. The van der Waals surface area contributed by atoms with Crippen molar-refractivity contribution < 1.29 is 22.7 Å². The molecule has 2 aromatic heterocycles. The lowest BCUT2D eigenvalue weighted by atomic mass is 10.1. The fraction of sp³-hybridized carbons (Fsp3) is 0.448. The molecule has 2 fully saturated rings. The van der Waals surface area contributed by atoms with E-state index in [-0.39, 0.29) is 66.4 Å². The number of nitrogens with zero attached hydrogens (tertiary/aromatic N) is 8. The summed E-state index contributed by atoms with van der Waals surface area (Å²) in [5, 5.41) is 13.8. The highest BCUT2D eigenvalue weighted by atomic mass is 19.4. The Bertz CT molecular complexity index is 1650. The highest BCUT2D eigenvalue weighted by molar-refractivity contribution is 5.90. The Morgan fingerprint density at radius 2 is 2.02 bits per heavy atom. The van der Waals surface area contributed by atoms with E-state index < -0.39 is 29.0 Å². The lowest BCUT2D eigenvalue weighted by Crippen LogP contribution is -2.55. The van der Waals surface area contributed by atoms with Crippen LogP contribution in [-0.4, -0.2) is 87.4 Å². The molecule has 43 heavy (non-hydrogen) atoms. The number of hydrogen-bond donors (Lipinski definition) is 0. The Morgan fingerprint density at radius 3 is 2.70 bits per heavy atom. The zero-order chi connectivity index (χ0) is 30.9. The molecule has 2 aliphatic heterocycles. The van der Waals surface area contributed by atoms with E-state index in [0.717, 1.165) is 19.4 Å². The maximum Gasteiger partial charge on any atom is 0.418 e. The first-order valence-corrected chi connectivity index (χ1v) is 13.9. The number of hydrogen-bond acceptors (Lipinski definition) is 9. The van der Waals surface area contributed by atoms with Gasteiger partial charge in [-0.15, -0.1) is 0 Å². The SMILES string of the molecule is C=CC(=O)N1CCN(c2nc(OC[C@@H]3CCCN3C)nc3c(=O)n(-c4cccc(C)c4C(F)(F)F)ncc23)C[C@@H]1CC#N. The van der Waals surface area contributed by atoms with Crippen LogP contribution in [0.4, 0.5) is 19.0 Å². The van der Waals surface area contributed by atoms with Gasteiger partial charge in [0.25, 0.3) is 5.56 Å². The number of ether oxygens (including phenoxy) is 1. The number of fused-ring (bicyclic) bond motifs is 1. The number of likely N-dealkylation sites (N-methyl/N-ethyl adjacent to an activating group) is 1. The van der Waals surface area contributed by atoms with Crippen molar-refractivity contribution >= 4 is 22.6 Å². The van der Waals surface area contributed by atoms with Crippen molar-refractivity contribution in [1.82, 2.24) is 29.5 Å². The van der Waals surface area contributed by atoms with Crippen LogP contribution < -0.4 is 15.2 Å². The molecule has 0 unspecified atom stereocenters. The Kier molecular flexibility index (Phi) is 8.36. The number of alkyl halides is 3. The van der Waals surface area contributed by atoms with Crippen LogP contribution in [0, 0.1) is 18.3 Å². The van der Waals surface area contributed by atoms with Gasteiger partial charge in [-0.05, 0) is 51.1 Å². The molecule has 1 amide bonds. The zero-order valence-corrected chi connectivity index (χ0v) is 23.8. The number of aromatic nitrogens is 4. The second-order valence-corrected chi connectivity index (χ2v) is 10.7. The molecule has 3 aromatic rings. The summed E-state index contributed by atoms with van der Waals surface area (Å²) in [5.74, 6) is -0.0224. The van der Waals surface area contributed by atoms with Gasteiger partial charge in [0, 0.05) is 25.7 Å². The molecule has 0 saturated carbocycles. The maximum absolute atomic E-state index is 14.0. The van der Waals surface area contributed by atoms with Crippen molar-refractivity contribution in [2.24, 2.45) is 0 Å². The quantitative estimate of drug-likeness (QED) is 0.379. The molecule has 2 atom stereocenters. The Labute approximate surface area is 245 Å². The third-order valence-corrected chi connectivity index (χ3v) is 8.01. The summed E-state index contributed by atoms with van der Waals surface area (Å²) in [4.78, 5) is 40.8. The number of nitriles is 1. The van der Waals surface area contributed by atoms with Gasteiger partial charge < -0.3 is 19.4 Å². The zero-order valence-electron chi connectivity index (χ0n) is 23.8. The molecule has 0 aliphatic carbocycles. The number of carbonyl (C=O) groups excluding carboxylic acids is 1. The number of rotatable bonds is 7. The molecule has 226 valence electrons. The number of piperazine rings is 1. The molecule has 2 aliphatic rings. The predicted molar refractivity (Wildman–Crippen MR) is 152 cm³/mol. The number of likely N-dealkylation sites (tertiary alicyclic amines) is 1. The van der Waals surface area contributed by atoms with Gasteiger partial charge in [0.15, 0.2) is 0 Å². The molecule has 4 heterocycles. The minimum atomic E-state index is -4.73. The van der Waals surface area contributed by atoms with E-state index in [2.05, 4.69) is 32.6 Å². The van der Waals surface area contributed by atoms with Gasteiger partial charge in [0.05, 0.1) is 41.4 Å². The van der Waals surface area contributed by atoms with E-state index in [9.17, 15) is 28.0 Å². The number of benzene rings is 1. The molecule has 0 spiro atoms. The van der Waals surface area contributed by atoms with Crippen molar-refractivity contribution in [2.45, 2.75) is 44.4 Å². The van der Waals surface area contributed by atoms with Gasteiger partial charge in [0.1, 0.15) is 17.9 Å². The molecule has 0 radical (unpaired) electrons. The topological polar surface area (TPSA) is 120 Å². The summed E-state index contributed by atoms with van der Waals surface area (Å²) in [6, 6.07) is 5.57. The molecule has 1 aromatic carbocycles. The molecule has 0 bridgehead atoms. The molecule has 5 rings (SSSR count). The third-order valence-electron chi connectivity index (χ3n) is 8.01. The number of carbonyl (C=O) groups is 1. The Balaban J connectivity index is 1.63. The van der Waals surface area contributed by atoms with Gasteiger partial charge in [0.2, 0.25) is 5.91 Å². The van der Waals surface area contributed by atoms with E-state index in [1.54, 1.807) is 4.90 Å². The first-order valence-electron chi connectivity index (χ1n) is 13.9. The summed E-state index contributed by atoms with van der Waals surface area (Å²) in [5.41, 5.74) is -2.47. The van der Waals surface area contributed by atoms with Crippen molar-refractivity contribution in [1.29, 1.82) is 5.26 Å². The van der Waals surface area contributed by atoms with Crippen LogP contribution in [0.3, 0.4) is 0 Å². The highest BCUT2D eigenvalue weighted by Gasteiger charge is 2.37. The second-order valence-electron chi connectivity index (χ2n) is 10.7. The lowest BCUT2D eigenvalue weighted by Gasteiger charge is -2.41. The van der Waals surface area contributed by atoms with Gasteiger partial charge in [-0.3, -0.25) is 9.59 Å². The summed E-state index contributed by atoms with van der Waals surface area (Å²) in [6.07, 6.45) is -0.293. The lowest BCUT2D eigenvalue weighted by molar-refractivity contribution is -0.138. The van der Waals surface area contributed by atoms with Crippen molar-refractivity contribution in [2.75, 3.05) is 44.7 Å². The molecular weight excluding hydrogens is 565 g/mol. The monoisotopic (exact) mass is 596 g/mol. The van der Waals surface area contributed by atoms with Crippen molar-refractivity contribution in [3.05, 3.63) is 58.5 Å². The van der Waals surface area contributed by atoms with Gasteiger partial charge >= 0.3 is 12.2 Å². The number of aryl methyl sites for hydroxylation is 1. The number of amides is 1. The van der Waals surface area contributed by atoms with Crippen LogP contribution in [-0.2, 0) is 11.0 Å². The highest BCUT2D eigenvalue weighted by Crippen LogP contribution is 2.36. The Hall–Kier alpha value is -4.51. The third kappa shape index (κ3) is 5.90. The van der Waals surface area contributed by atoms with Crippen LogP contribution in [0.1, 0.15) is 30.4 Å². The van der Waals surface area contributed by atoms with E-state index in [1.165, 1.54) is 37.4 Å². The number of anilines is 1. The largest absolute Gasteiger partial charge is 0.462 e. The molecule has 0 N–H and O–H groups in total. The van der Waals surface area contributed by atoms with E-state index in [4.69, 9.17) is 4.74 Å². The fourth-order valence-electron chi connectivity index (χ4n) is 5.76. The van der Waals surface area contributed by atoms with Crippen molar-refractivity contribution in [3.63, 3.8) is 0 Å². The van der Waals surface area contributed by atoms with Crippen LogP contribution in [0.15, 0.2) is 41.8 Å². The fourth-order valence-corrected chi connectivity index (χ4v) is 5.76. The molecular formula is C29H31F3N8O3. The van der Waals surface area contributed by atoms with Gasteiger partial charge in [-0.25, -0.2) is 0 Å². The molecule has 11 nitrogen and oxygen atoms in total. The van der Waals surface area contributed by atoms with Gasteiger partial charge in [-0.2, -0.15) is 38.2 Å². The predicted octanol–water partition coefficient (Wildman–Crippen LogP) is 3.09. The van der Waals surface area contributed by atoms with Crippen LogP contribution >= 0.6 is 0 Å². The van der Waals surface area contributed by atoms with E-state index in [1.807, 2.05) is 11.9 Å². The summed E-state index contributed by atoms with van der Waals surface area (Å²) >= 11 is 0. The van der Waals surface area contributed by atoms with Gasteiger partial charge in [-0.1, -0.05) is 18.7 Å². The van der Waals surface area contributed by atoms with Crippen molar-refractivity contribution in [3.8, 4) is 17.8 Å². The first-order chi connectivity index (χ1) is 20.5. The van der Waals surface area contributed by atoms with E-state index in [0.29, 0.717) is 11.2 Å². The minimum Gasteiger partial charge on any atom is -0.462 e. The second kappa shape index (κ2) is 12.0. The smallest absolute Gasteiger partial charge is 0.418 e. The molecule has 2 saturated heterocycles.